The second kappa shape index (κ2) is 5.78. The number of aromatic nitrogens is 4. The minimum absolute atomic E-state index is 0.229. The number of H-pyrrole nitrogens is 1. The van der Waals surface area contributed by atoms with Gasteiger partial charge in [0.05, 0.1) is 22.8 Å². The van der Waals surface area contributed by atoms with Gasteiger partial charge in [0, 0.05) is 39.0 Å². The minimum Gasteiger partial charge on any atom is -0.345 e. The van der Waals surface area contributed by atoms with Crippen molar-refractivity contribution in [3.63, 3.8) is 0 Å². The summed E-state index contributed by atoms with van der Waals surface area (Å²) in [7, 11) is 1.89. The molecule has 1 fully saturated rings. The normalized spacial score (nSPS) is 15.5. The van der Waals surface area contributed by atoms with E-state index in [1.807, 2.05) is 47.0 Å². The van der Waals surface area contributed by atoms with E-state index in [1.165, 1.54) is 0 Å². The smallest absolute Gasteiger partial charge is 0.230 e. The van der Waals surface area contributed by atoms with Gasteiger partial charge in [0.15, 0.2) is 0 Å². The molecule has 1 aliphatic rings. The van der Waals surface area contributed by atoms with Crippen LogP contribution >= 0.6 is 0 Å². The van der Waals surface area contributed by atoms with Crippen molar-refractivity contribution < 1.29 is 4.79 Å². The van der Waals surface area contributed by atoms with Gasteiger partial charge in [-0.2, -0.15) is 0 Å². The second-order valence-corrected chi connectivity index (χ2v) is 6.69. The lowest BCUT2D eigenvalue weighted by Gasteiger charge is -2.23. The zero-order chi connectivity index (χ0) is 16.6. The van der Waals surface area contributed by atoms with E-state index in [1.54, 1.807) is 12.5 Å². The molecule has 0 saturated heterocycles. The number of imidazole rings is 2. The number of carbonyl (C=O) groups excluding carboxylic acids is 1. The van der Waals surface area contributed by atoms with Crippen molar-refractivity contribution >= 4 is 16.9 Å². The molecule has 6 nitrogen and oxygen atoms in total. The van der Waals surface area contributed by atoms with Crippen LogP contribution in [0.4, 0.5) is 0 Å². The second-order valence-electron chi connectivity index (χ2n) is 6.69. The molecule has 124 valence electrons. The molecular formula is C18H21N5O. The fourth-order valence-corrected chi connectivity index (χ4v) is 3.22. The topological polar surface area (TPSA) is 66.8 Å². The van der Waals surface area contributed by atoms with Crippen LogP contribution in [0.15, 0.2) is 43.0 Å². The molecule has 24 heavy (non-hydrogen) atoms. The van der Waals surface area contributed by atoms with Crippen LogP contribution in [0.2, 0.25) is 0 Å². The highest BCUT2D eigenvalue weighted by atomic mass is 16.2. The number of rotatable bonds is 6. The van der Waals surface area contributed by atoms with Crippen LogP contribution in [-0.4, -0.2) is 43.9 Å². The SMILES string of the molecule is CN(CCc1nc2ccccc2[nH]1)C(=O)C1(Cn2ccnc2)CC1. The Labute approximate surface area is 140 Å². The van der Waals surface area contributed by atoms with Crippen molar-refractivity contribution in [2.24, 2.45) is 5.41 Å². The highest BCUT2D eigenvalue weighted by Crippen LogP contribution is 2.48. The molecular weight excluding hydrogens is 302 g/mol. The van der Waals surface area contributed by atoms with Crippen molar-refractivity contribution in [3.8, 4) is 0 Å². The van der Waals surface area contributed by atoms with Gasteiger partial charge < -0.3 is 14.5 Å². The summed E-state index contributed by atoms with van der Waals surface area (Å²) < 4.78 is 2.00. The molecule has 2 heterocycles. The molecule has 6 heteroatoms. The van der Waals surface area contributed by atoms with Crippen LogP contribution in [0.1, 0.15) is 18.7 Å². The summed E-state index contributed by atoms with van der Waals surface area (Å²) >= 11 is 0. The lowest BCUT2D eigenvalue weighted by molar-refractivity contribution is -0.136. The average molecular weight is 323 g/mol. The highest BCUT2D eigenvalue weighted by molar-refractivity contribution is 5.85. The largest absolute Gasteiger partial charge is 0.345 e. The van der Waals surface area contributed by atoms with E-state index in [9.17, 15) is 4.79 Å². The third-order valence-corrected chi connectivity index (χ3v) is 4.82. The first-order chi connectivity index (χ1) is 11.7. The van der Waals surface area contributed by atoms with Crippen molar-refractivity contribution in [3.05, 3.63) is 48.8 Å². The molecule has 3 aromatic rings. The fourth-order valence-electron chi connectivity index (χ4n) is 3.22. The standard InChI is InChI=1S/C18H21N5O/c1-22(10-6-16-20-14-4-2-3-5-15(14)21-16)17(24)18(7-8-18)12-23-11-9-19-13-23/h2-5,9,11,13H,6-8,10,12H2,1H3,(H,20,21). The molecule has 1 saturated carbocycles. The maximum atomic E-state index is 12.8. The number of likely N-dealkylation sites (N-methyl/N-ethyl adjacent to an activating group) is 1. The maximum Gasteiger partial charge on any atom is 0.230 e. The van der Waals surface area contributed by atoms with Gasteiger partial charge in [0.25, 0.3) is 0 Å². The number of nitrogens with one attached hydrogen (secondary N) is 1. The molecule has 0 atom stereocenters. The summed E-state index contributed by atoms with van der Waals surface area (Å²) in [6.45, 7) is 1.39. The third-order valence-electron chi connectivity index (χ3n) is 4.82. The number of fused-ring (bicyclic) bond motifs is 1. The number of carbonyl (C=O) groups is 1. The van der Waals surface area contributed by atoms with Crippen molar-refractivity contribution in [1.82, 2.24) is 24.4 Å². The first kappa shape index (κ1) is 14.9. The lowest BCUT2D eigenvalue weighted by Crippen LogP contribution is -2.37. The van der Waals surface area contributed by atoms with Crippen LogP contribution in [-0.2, 0) is 17.8 Å². The summed E-state index contributed by atoms with van der Waals surface area (Å²) in [5.41, 5.74) is 1.78. The number of hydrogen-bond donors (Lipinski definition) is 1. The van der Waals surface area contributed by atoms with Crippen molar-refractivity contribution in [2.75, 3.05) is 13.6 Å². The van der Waals surface area contributed by atoms with Crippen LogP contribution in [0.25, 0.3) is 11.0 Å². The summed E-state index contributed by atoms with van der Waals surface area (Å²) in [6.07, 6.45) is 8.10. The Morgan fingerprint density at radius 2 is 2.21 bits per heavy atom. The maximum absolute atomic E-state index is 12.8. The number of nitrogens with zero attached hydrogens (tertiary/aromatic N) is 4. The fraction of sp³-hybridized carbons (Fsp3) is 0.389. The van der Waals surface area contributed by atoms with Crippen LogP contribution < -0.4 is 0 Å². The Bertz CT molecular complexity index is 814. The van der Waals surface area contributed by atoms with E-state index in [0.717, 1.165) is 42.7 Å². The Hall–Kier alpha value is -2.63. The highest BCUT2D eigenvalue weighted by Gasteiger charge is 2.51. The predicted octanol–water partition coefficient (Wildman–Crippen LogP) is 2.24. The van der Waals surface area contributed by atoms with E-state index >= 15 is 0 Å². The minimum atomic E-state index is -0.233. The van der Waals surface area contributed by atoms with E-state index in [0.29, 0.717) is 6.54 Å². The number of amides is 1. The number of para-hydroxylation sites is 2. The average Bonchev–Trinajstić information content (AvgIpc) is 3.00. The summed E-state index contributed by atoms with van der Waals surface area (Å²) in [4.78, 5) is 26.6. The van der Waals surface area contributed by atoms with Crippen LogP contribution in [0, 0.1) is 5.41 Å². The predicted molar refractivity (Wildman–Crippen MR) is 91.3 cm³/mol. The lowest BCUT2D eigenvalue weighted by atomic mass is 10.1. The summed E-state index contributed by atoms with van der Waals surface area (Å²) in [6, 6.07) is 7.99. The number of benzene rings is 1. The Morgan fingerprint density at radius 3 is 2.92 bits per heavy atom. The molecule has 2 aromatic heterocycles. The number of hydrogen-bond acceptors (Lipinski definition) is 3. The molecule has 0 spiro atoms. The zero-order valence-electron chi connectivity index (χ0n) is 13.8. The van der Waals surface area contributed by atoms with Crippen LogP contribution in [0.5, 0.6) is 0 Å². The van der Waals surface area contributed by atoms with Gasteiger partial charge in [-0.1, -0.05) is 12.1 Å². The quantitative estimate of drug-likeness (QED) is 0.756. The molecule has 0 aliphatic heterocycles. The first-order valence-corrected chi connectivity index (χ1v) is 8.31. The zero-order valence-corrected chi connectivity index (χ0v) is 13.8. The third kappa shape index (κ3) is 2.79. The van der Waals surface area contributed by atoms with Gasteiger partial charge in [0.1, 0.15) is 5.82 Å². The summed E-state index contributed by atoms with van der Waals surface area (Å²) in [5.74, 6) is 1.16. The molecule has 1 amide bonds. The van der Waals surface area contributed by atoms with Crippen molar-refractivity contribution in [2.45, 2.75) is 25.8 Å². The van der Waals surface area contributed by atoms with Gasteiger partial charge in [-0.25, -0.2) is 9.97 Å². The van der Waals surface area contributed by atoms with Gasteiger partial charge >= 0.3 is 0 Å². The molecule has 0 unspecified atom stereocenters. The van der Waals surface area contributed by atoms with E-state index in [4.69, 9.17) is 0 Å². The first-order valence-electron chi connectivity index (χ1n) is 8.31. The molecule has 4 rings (SSSR count). The Morgan fingerprint density at radius 1 is 1.38 bits per heavy atom. The molecule has 1 aliphatic carbocycles. The monoisotopic (exact) mass is 323 g/mol. The molecule has 1 N–H and O–H groups in total. The Kier molecular flexibility index (Phi) is 3.59. The van der Waals surface area contributed by atoms with Crippen LogP contribution in [0.3, 0.4) is 0 Å². The van der Waals surface area contributed by atoms with E-state index in [-0.39, 0.29) is 11.3 Å². The van der Waals surface area contributed by atoms with E-state index < -0.39 is 0 Å². The van der Waals surface area contributed by atoms with Gasteiger partial charge in [0.2, 0.25) is 5.91 Å². The molecule has 1 aromatic carbocycles. The van der Waals surface area contributed by atoms with Gasteiger partial charge in [-0.15, -0.1) is 0 Å². The number of aromatic amines is 1. The molecule has 0 radical (unpaired) electrons. The van der Waals surface area contributed by atoms with E-state index in [2.05, 4.69) is 15.0 Å². The Balaban J connectivity index is 1.38. The summed E-state index contributed by atoms with van der Waals surface area (Å²) in [5, 5.41) is 0. The van der Waals surface area contributed by atoms with Crippen molar-refractivity contribution in [1.29, 1.82) is 0 Å². The van der Waals surface area contributed by atoms with Gasteiger partial charge in [-0.05, 0) is 25.0 Å². The van der Waals surface area contributed by atoms with Gasteiger partial charge in [-0.3, -0.25) is 4.79 Å². The molecule has 0 bridgehead atoms.